The second-order valence-electron chi connectivity index (χ2n) is 4.91. The first-order valence-corrected chi connectivity index (χ1v) is 7.09. The van der Waals surface area contributed by atoms with E-state index in [1.54, 1.807) is 0 Å². The summed E-state index contributed by atoms with van der Waals surface area (Å²) < 4.78 is 0. The van der Waals surface area contributed by atoms with Crippen molar-refractivity contribution in [1.29, 1.82) is 0 Å². The molecule has 2 N–H and O–H groups in total. The van der Waals surface area contributed by atoms with E-state index in [1.807, 2.05) is 6.07 Å². The average Bonchev–Trinajstić information content (AvgIpc) is 2.38. The monoisotopic (exact) mass is 297 g/mol. The molecule has 1 aliphatic rings. The van der Waals surface area contributed by atoms with Crippen LogP contribution < -0.4 is 15.5 Å². The van der Waals surface area contributed by atoms with Crippen molar-refractivity contribution in [2.75, 3.05) is 37.6 Å². The second kappa shape index (κ2) is 8.82. The van der Waals surface area contributed by atoms with Gasteiger partial charge in [0, 0.05) is 38.4 Å². The lowest BCUT2D eigenvalue weighted by Gasteiger charge is -2.26. The predicted molar refractivity (Wildman–Crippen MR) is 85.6 cm³/mol. The van der Waals surface area contributed by atoms with Crippen LogP contribution in [0.4, 0.5) is 5.69 Å². The number of benzene rings is 1. The average molecular weight is 298 g/mol. The molecule has 1 heterocycles. The first kappa shape index (κ1) is 16.8. The Bertz CT molecular complexity index is 395. The zero-order chi connectivity index (χ0) is 13.5. The Kier molecular flexibility index (Phi) is 7.41. The Hall–Kier alpha value is -1.26. The smallest absolute Gasteiger partial charge is 0.225 e. The molecule has 20 heavy (non-hydrogen) atoms. The molecule has 1 aliphatic heterocycles. The topological polar surface area (TPSA) is 44.4 Å². The first-order valence-electron chi connectivity index (χ1n) is 7.09. The highest BCUT2D eigenvalue weighted by Gasteiger charge is 2.24. The zero-order valence-corrected chi connectivity index (χ0v) is 12.8. The van der Waals surface area contributed by atoms with Crippen molar-refractivity contribution in [1.82, 2.24) is 10.6 Å². The lowest BCUT2D eigenvalue weighted by Crippen LogP contribution is -2.51. The van der Waals surface area contributed by atoms with Gasteiger partial charge in [-0.1, -0.05) is 18.2 Å². The highest BCUT2D eigenvalue weighted by molar-refractivity contribution is 5.85. The van der Waals surface area contributed by atoms with E-state index in [-0.39, 0.29) is 24.2 Å². The van der Waals surface area contributed by atoms with E-state index in [0.29, 0.717) is 0 Å². The summed E-state index contributed by atoms with van der Waals surface area (Å²) in [7, 11) is 0. The van der Waals surface area contributed by atoms with Gasteiger partial charge in [-0.05, 0) is 25.5 Å². The Morgan fingerprint density at radius 1 is 1.35 bits per heavy atom. The molecule has 1 fully saturated rings. The fourth-order valence-corrected chi connectivity index (χ4v) is 2.21. The number of nitrogens with one attached hydrogen (secondary N) is 2. The molecule has 0 bridgehead atoms. The van der Waals surface area contributed by atoms with Crippen molar-refractivity contribution in [2.45, 2.75) is 13.3 Å². The summed E-state index contributed by atoms with van der Waals surface area (Å²) in [6.45, 7) is 6.55. The molecular formula is C15H24ClN3O. The van der Waals surface area contributed by atoms with Gasteiger partial charge in [-0.3, -0.25) is 4.79 Å². The lowest BCUT2D eigenvalue weighted by atomic mass is 10.0. The van der Waals surface area contributed by atoms with Crippen LogP contribution in [0.3, 0.4) is 0 Å². The fraction of sp³-hybridized carbons (Fsp3) is 0.533. The highest BCUT2D eigenvalue weighted by atomic mass is 35.5. The molecule has 0 aliphatic carbocycles. The SMILES string of the molecule is CCN(CCCNC(=O)C1CNC1)c1ccccc1.Cl. The van der Waals surface area contributed by atoms with Crippen LogP contribution >= 0.6 is 12.4 Å². The largest absolute Gasteiger partial charge is 0.372 e. The van der Waals surface area contributed by atoms with Gasteiger partial charge in [0.05, 0.1) is 5.92 Å². The number of anilines is 1. The van der Waals surface area contributed by atoms with Gasteiger partial charge in [0.2, 0.25) is 5.91 Å². The van der Waals surface area contributed by atoms with Gasteiger partial charge in [-0.15, -0.1) is 12.4 Å². The molecule has 1 aromatic carbocycles. The van der Waals surface area contributed by atoms with Crippen molar-refractivity contribution >= 4 is 24.0 Å². The van der Waals surface area contributed by atoms with E-state index in [2.05, 4.69) is 46.7 Å². The fourth-order valence-electron chi connectivity index (χ4n) is 2.21. The summed E-state index contributed by atoms with van der Waals surface area (Å²) in [6, 6.07) is 10.4. The van der Waals surface area contributed by atoms with Crippen molar-refractivity contribution in [3.8, 4) is 0 Å². The number of hydrogen-bond acceptors (Lipinski definition) is 3. The van der Waals surface area contributed by atoms with Crippen LogP contribution in [0, 0.1) is 5.92 Å². The van der Waals surface area contributed by atoms with Crippen LogP contribution in [0.5, 0.6) is 0 Å². The normalized spacial score (nSPS) is 14.1. The molecule has 2 rings (SSSR count). The third-order valence-electron chi connectivity index (χ3n) is 3.56. The Balaban J connectivity index is 0.00000200. The minimum absolute atomic E-state index is 0. The summed E-state index contributed by atoms with van der Waals surface area (Å²) in [4.78, 5) is 14.0. The van der Waals surface area contributed by atoms with Gasteiger partial charge in [0.25, 0.3) is 0 Å². The third kappa shape index (κ3) is 4.69. The molecule has 5 heteroatoms. The molecule has 0 saturated carbocycles. The maximum atomic E-state index is 11.6. The van der Waals surface area contributed by atoms with Gasteiger partial charge in [-0.25, -0.2) is 0 Å². The van der Waals surface area contributed by atoms with Crippen LogP contribution in [-0.4, -0.2) is 38.6 Å². The number of carbonyl (C=O) groups is 1. The number of hydrogen-bond donors (Lipinski definition) is 2. The molecule has 0 spiro atoms. The zero-order valence-electron chi connectivity index (χ0n) is 12.0. The third-order valence-corrected chi connectivity index (χ3v) is 3.56. The summed E-state index contributed by atoms with van der Waals surface area (Å²) in [5.41, 5.74) is 1.25. The van der Waals surface area contributed by atoms with Crippen molar-refractivity contribution < 1.29 is 4.79 Å². The Labute approximate surface area is 127 Å². The van der Waals surface area contributed by atoms with Gasteiger partial charge in [0.15, 0.2) is 0 Å². The molecule has 1 saturated heterocycles. The van der Waals surface area contributed by atoms with Gasteiger partial charge < -0.3 is 15.5 Å². The molecule has 1 amide bonds. The molecule has 0 atom stereocenters. The summed E-state index contributed by atoms with van der Waals surface area (Å²) in [5, 5.41) is 6.12. The summed E-state index contributed by atoms with van der Waals surface area (Å²) in [6.07, 6.45) is 0.981. The molecule has 4 nitrogen and oxygen atoms in total. The number of carbonyl (C=O) groups excluding carboxylic acids is 1. The predicted octanol–water partition coefficient (Wildman–Crippen LogP) is 1.66. The van der Waals surface area contributed by atoms with Crippen LogP contribution in [-0.2, 0) is 4.79 Å². The number of rotatable bonds is 7. The Morgan fingerprint density at radius 3 is 2.60 bits per heavy atom. The highest BCUT2D eigenvalue weighted by Crippen LogP contribution is 2.12. The molecule has 0 radical (unpaired) electrons. The number of halogens is 1. The van der Waals surface area contributed by atoms with E-state index in [9.17, 15) is 4.79 Å². The molecule has 0 aromatic heterocycles. The van der Waals surface area contributed by atoms with Crippen LogP contribution in [0.2, 0.25) is 0 Å². The van der Waals surface area contributed by atoms with Gasteiger partial charge in [-0.2, -0.15) is 0 Å². The van der Waals surface area contributed by atoms with E-state index in [0.717, 1.165) is 39.1 Å². The Morgan fingerprint density at radius 2 is 2.05 bits per heavy atom. The van der Waals surface area contributed by atoms with Crippen molar-refractivity contribution in [3.05, 3.63) is 30.3 Å². The molecule has 1 aromatic rings. The van der Waals surface area contributed by atoms with E-state index >= 15 is 0 Å². The standard InChI is InChI=1S/C15H23N3O.ClH/c1-2-18(14-7-4-3-5-8-14)10-6-9-17-15(19)13-11-16-12-13;/h3-5,7-8,13,16H,2,6,9-12H2,1H3,(H,17,19);1H. The lowest BCUT2D eigenvalue weighted by molar-refractivity contribution is -0.126. The van der Waals surface area contributed by atoms with Crippen LogP contribution in [0.25, 0.3) is 0 Å². The quantitative estimate of drug-likeness (QED) is 0.753. The minimum atomic E-state index is 0. The molecule has 0 unspecified atom stereocenters. The van der Waals surface area contributed by atoms with Gasteiger partial charge >= 0.3 is 0 Å². The van der Waals surface area contributed by atoms with E-state index in [1.165, 1.54) is 5.69 Å². The summed E-state index contributed by atoms with van der Waals surface area (Å²) >= 11 is 0. The van der Waals surface area contributed by atoms with Crippen molar-refractivity contribution in [2.24, 2.45) is 5.92 Å². The van der Waals surface area contributed by atoms with Crippen LogP contribution in [0.15, 0.2) is 30.3 Å². The number of amides is 1. The van der Waals surface area contributed by atoms with E-state index < -0.39 is 0 Å². The van der Waals surface area contributed by atoms with E-state index in [4.69, 9.17) is 0 Å². The van der Waals surface area contributed by atoms with Crippen molar-refractivity contribution in [3.63, 3.8) is 0 Å². The molecule has 112 valence electrons. The minimum Gasteiger partial charge on any atom is -0.372 e. The maximum absolute atomic E-state index is 11.6. The van der Waals surface area contributed by atoms with Gasteiger partial charge in [0.1, 0.15) is 0 Å². The number of nitrogens with zero attached hydrogens (tertiary/aromatic N) is 1. The van der Waals surface area contributed by atoms with Crippen LogP contribution in [0.1, 0.15) is 13.3 Å². The number of para-hydroxylation sites is 1. The second-order valence-corrected chi connectivity index (χ2v) is 4.91. The maximum Gasteiger partial charge on any atom is 0.225 e. The first-order chi connectivity index (χ1) is 9.31. The summed E-state index contributed by atoms with van der Waals surface area (Å²) in [5.74, 6) is 0.387. The molecular weight excluding hydrogens is 274 g/mol.